The highest BCUT2D eigenvalue weighted by Crippen LogP contribution is 2.54. The van der Waals surface area contributed by atoms with Crippen molar-refractivity contribution in [2.75, 3.05) is 5.32 Å². The molecule has 0 radical (unpaired) electrons. The Morgan fingerprint density at radius 3 is 2.47 bits per heavy atom. The van der Waals surface area contributed by atoms with E-state index in [-0.39, 0.29) is 5.54 Å². The molecule has 1 N–H and O–H groups in total. The van der Waals surface area contributed by atoms with Crippen molar-refractivity contribution in [2.24, 2.45) is 5.92 Å². The van der Waals surface area contributed by atoms with Crippen LogP contribution in [0.1, 0.15) is 30.4 Å². The van der Waals surface area contributed by atoms with Crippen LogP contribution in [-0.2, 0) is 12.0 Å². The van der Waals surface area contributed by atoms with E-state index in [1.54, 1.807) is 11.1 Å². The predicted octanol–water partition coefficient (Wildman–Crippen LogP) is 4.35. The first-order chi connectivity index (χ1) is 9.38. The lowest BCUT2D eigenvalue weighted by Gasteiger charge is -2.54. The molecule has 2 aromatic rings. The van der Waals surface area contributed by atoms with Gasteiger partial charge in [-0.15, -0.1) is 0 Å². The number of para-hydroxylation sites is 1. The van der Waals surface area contributed by atoms with Crippen molar-refractivity contribution in [1.29, 1.82) is 0 Å². The molecule has 96 valence electrons. The maximum absolute atomic E-state index is 3.85. The second kappa shape index (κ2) is 4.12. The summed E-state index contributed by atoms with van der Waals surface area (Å²) in [6, 6.07) is 19.7. The minimum Gasteiger partial charge on any atom is -0.375 e. The molecule has 0 aliphatic heterocycles. The molecule has 2 aromatic carbocycles. The number of aryl methyl sites for hydroxylation is 1. The molecule has 2 unspecified atom stereocenters. The zero-order chi connectivity index (χ0) is 12.7. The largest absolute Gasteiger partial charge is 0.375 e. The van der Waals surface area contributed by atoms with E-state index in [2.05, 4.69) is 59.9 Å². The molecular weight excluding hydrogens is 230 g/mol. The Morgan fingerprint density at radius 1 is 0.895 bits per heavy atom. The minimum atomic E-state index is 0.205. The molecular formula is C18H19N. The third kappa shape index (κ3) is 1.61. The van der Waals surface area contributed by atoms with Crippen LogP contribution < -0.4 is 5.32 Å². The van der Waals surface area contributed by atoms with Crippen molar-refractivity contribution < 1.29 is 0 Å². The van der Waals surface area contributed by atoms with Gasteiger partial charge in [-0.3, -0.25) is 0 Å². The van der Waals surface area contributed by atoms with Gasteiger partial charge in [-0.1, -0.05) is 42.5 Å². The lowest BCUT2D eigenvalue weighted by molar-refractivity contribution is 0.126. The van der Waals surface area contributed by atoms with Crippen LogP contribution >= 0.6 is 0 Å². The van der Waals surface area contributed by atoms with E-state index < -0.39 is 0 Å². The lowest BCUT2D eigenvalue weighted by atomic mass is 9.57. The van der Waals surface area contributed by atoms with Crippen LogP contribution in [0.25, 0.3) is 0 Å². The summed E-state index contributed by atoms with van der Waals surface area (Å²) in [5.41, 5.74) is 4.54. The van der Waals surface area contributed by atoms with Gasteiger partial charge in [-0.2, -0.15) is 0 Å². The maximum atomic E-state index is 3.85. The van der Waals surface area contributed by atoms with Gasteiger partial charge in [0, 0.05) is 5.69 Å². The maximum Gasteiger partial charge on any atom is 0.0656 e. The van der Waals surface area contributed by atoms with E-state index in [4.69, 9.17) is 0 Å². The number of hydrogen-bond donors (Lipinski definition) is 1. The fraction of sp³-hybridized carbons (Fsp3) is 0.333. The van der Waals surface area contributed by atoms with Crippen LogP contribution in [0.5, 0.6) is 0 Å². The van der Waals surface area contributed by atoms with E-state index in [0.29, 0.717) is 0 Å². The summed E-state index contributed by atoms with van der Waals surface area (Å²) >= 11 is 0. The summed E-state index contributed by atoms with van der Waals surface area (Å²) in [7, 11) is 0. The van der Waals surface area contributed by atoms with E-state index in [1.165, 1.54) is 31.4 Å². The highest BCUT2D eigenvalue weighted by molar-refractivity contribution is 5.52. The van der Waals surface area contributed by atoms with Gasteiger partial charge in [-0.05, 0) is 54.9 Å². The van der Waals surface area contributed by atoms with Crippen LogP contribution in [-0.4, -0.2) is 0 Å². The molecule has 4 rings (SSSR count). The van der Waals surface area contributed by atoms with E-state index >= 15 is 0 Å². The third-order valence-electron chi connectivity index (χ3n) is 4.99. The fourth-order valence-electron chi connectivity index (χ4n) is 3.90. The molecule has 0 aromatic heterocycles. The normalized spacial score (nSPS) is 27.9. The topological polar surface area (TPSA) is 12.0 Å². The van der Waals surface area contributed by atoms with Crippen molar-refractivity contribution in [2.45, 2.75) is 31.2 Å². The summed E-state index contributed by atoms with van der Waals surface area (Å²) in [5, 5.41) is 3.85. The summed E-state index contributed by atoms with van der Waals surface area (Å²) in [4.78, 5) is 0. The standard InChI is InChI=1S/C18H19N/c1-2-7-16(8-3-1)19-18-13-12-15(18)11-10-14-6-4-5-9-17(14)18/h1-9,15,19H,10-13H2. The number of benzene rings is 2. The van der Waals surface area contributed by atoms with Crippen molar-refractivity contribution in [3.05, 3.63) is 65.7 Å². The Bertz CT molecular complexity index is 590. The molecule has 0 spiro atoms. The second-order valence-electron chi connectivity index (χ2n) is 5.89. The number of rotatable bonds is 2. The van der Waals surface area contributed by atoms with Gasteiger partial charge in [-0.25, -0.2) is 0 Å². The number of hydrogen-bond acceptors (Lipinski definition) is 1. The molecule has 0 heterocycles. The molecule has 1 fully saturated rings. The first-order valence-corrected chi connectivity index (χ1v) is 7.30. The molecule has 1 heteroatoms. The van der Waals surface area contributed by atoms with Crippen molar-refractivity contribution in [1.82, 2.24) is 0 Å². The first kappa shape index (κ1) is 11.1. The summed E-state index contributed by atoms with van der Waals surface area (Å²) in [6.45, 7) is 0. The van der Waals surface area contributed by atoms with Crippen LogP contribution in [0.4, 0.5) is 5.69 Å². The van der Waals surface area contributed by atoms with Crippen LogP contribution in [0.3, 0.4) is 0 Å². The van der Waals surface area contributed by atoms with E-state index in [1.807, 2.05) is 0 Å². The van der Waals surface area contributed by atoms with Gasteiger partial charge in [0.15, 0.2) is 0 Å². The van der Waals surface area contributed by atoms with Gasteiger partial charge in [0.1, 0.15) is 0 Å². The van der Waals surface area contributed by atoms with E-state index in [0.717, 1.165) is 5.92 Å². The smallest absolute Gasteiger partial charge is 0.0656 e. The molecule has 0 saturated heterocycles. The molecule has 19 heavy (non-hydrogen) atoms. The molecule has 2 atom stereocenters. The molecule has 0 amide bonds. The monoisotopic (exact) mass is 249 g/mol. The van der Waals surface area contributed by atoms with Crippen molar-refractivity contribution >= 4 is 5.69 Å². The van der Waals surface area contributed by atoms with Gasteiger partial charge in [0.25, 0.3) is 0 Å². The zero-order valence-corrected chi connectivity index (χ0v) is 11.1. The van der Waals surface area contributed by atoms with Crippen LogP contribution in [0.15, 0.2) is 54.6 Å². The average molecular weight is 249 g/mol. The summed E-state index contributed by atoms with van der Waals surface area (Å²) < 4.78 is 0. The van der Waals surface area contributed by atoms with Gasteiger partial charge >= 0.3 is 0 Å². The summed E-state index contributed by atoms with van der Waals surface area (Å²) in [5.74, 6) is 0.808. The van der Waals surface area contributed by atoms with Gasteiger partial charge in [0.2, 0.25) is 0 Å². The van der Waals surface area contributed by atoms with Gasteiger partial charge in [0.05, 0.1) is 5.54 Å². The molecule has 2 aliphatic rings. The van der Waals surface area contributed by atoms with E-state index in [9.17, 15) is 0 Å². The quantitative estimate of drug-likeness (QED) is 0.834. The predicted molar refractivity (Wildman–Crippen MR) is 79.2 cm³/mol. The fourth-order valence-corrected chi connectivity index (χ4v) is 3.90. The highest BCUT2D eigenvalue weighted by Gasteiger charge is 2.50. The van der Waals surface area contributed by atoms with Crippen LogP contribution in [0, 0.1) is 5.92 Å². The Morgan fingerprint density at radius 2 is 1.68 bits per heavy atom. The van der Waals surface area contributed by atoms with Gasteiger partial charge < -0.3 is 5.32 Å². The average Bonchev–Trinajstić information content (AvgIpc) is 2.44. The Labute approximate surface area is 114 Å². The van der Waals surface area contributed by atoms with Crippen molar-refractivity contribution in [3.63, 3.8) is 0 Å². The summed E-state index contributed by atoms with van der Waals surface area (Å²) in [6.07, 6.45) is 5.22. The van der Waals surface area contributed by atoms with Crippen LogP contribution in [0.2, 0.25) is 0 Å². The highest BCUT2D eigenvalue weighted by atomic mass is 15.0. The Hall–Kier alpha value is -1.76. The third-order valence-corrected chi connectivity index (χ3v) is 4.99. The Kier molecular flexibility index (Phi) is 2.41. The SMILES string of the molecule is c1ccc(NC23CCC2CCc2ccccc23)cc1. The molecule has 0 bridgehead atoms. The zero-order valence-electron chi connectivity index (χ0n) is 11.1. The number of anilines is 1. The number of fused-ring (bicyclic) bond motifs is 3. The Balaban J connectivity index is 1.77. The lowest BCUT2D eigenvalue weighted by Crippen LogP contribution is -2.53. The van der Waals surface area contributed by atoms with Crippen molar-refractivity contribution in [3.8, 4) is 0 Å². The molecule has 1 nitrogen and oxygen atoms in total. The number of nitrogens with one attached hydrogen (secondary N) is 1. The molecule has 1 saturated carbocycles. The minimum absolute atomic E-state index is 0.205. The second-order valence-corrected chi connectivity index (χ2v) is 5.89. The first-order valence-electron chi connectivity index (χ1n) is 7.30. The molecule has 2 aliphatic carbocycles.